The van der Waals surface area contributed by atoms with Crippen molar-refractivity contribution >= 4 is 45.6 Å². The molecular formula is C18H13F20NaO9S3. The smallest absolute Gasteiger partial charge is 0.747 e. The first-order valence-corrected chi connectivity index (χ1v) is 14.9. The second-order valence-electron chi connectivity index (χ2n) is 8.44. The van der Waals surface area contributed by atoms with Crippen LogP contribution < -0.4 is 29.6 Å². The van der Waals surface area contributed by atoms with E-state index in [4.69, 9.17) is 0 Å². The molecule has 0 saturated heterocycles. The van der Waals surface area contributed by atoms with E-state index in [1.165, 1.54) is 0 Å². The summed E-state index contributed by atoms with van der Waals surface area (Å²) in [6, 6.07) is 0. The fourth-order valence-corrected chi connectivity index (χ4v) is 4.15. The molecule has 3 unspecified atom stereocenters. The van der Waals surface area contributed by atoms with Crippen molar-refractivity contribution in [2.45, 2.75) is 71.3 Å². The molecule has 0 bridgehead atoms. The van der Waals surface area contributed by atoms with Crippen LogP contribution in [0.25, 0.3) is 0 Å². The third kappa shape index (κ3) is 14.3. The molecule has 51 heavy (non-hydrogen) atoms. The van der Waals surface area contributed by atoms with Crippen molar-refractivity contribution in [2.24, 2.45) is 0 Å². The molecule has 0 aromatic rings. The molecule has 0 saturated carbocycles. The molecule has 0 rings (SSSR count). The summed E-state index contributed by atoms with van der Waals surface area (Å²) in [6.07, 6.45) is -39.7. The van der Waals surface area contributed by atoms with Gasteiger partial charge in [0.15, 0.2) is 5.25 Å². The number of hydrogen-bond acceptors (Lipinski definition) is 11. The second-order valence-corrected chi connectivity index (χ2v) is 12.5. The number of halogens is 20. The van der Waals surface area contributed by atoms with Gasteiger partial charge >= 0.3 is 88.4 Å². The Balaban J connectivity index is 0. The van der Waals surface area contributed by atoms with Gasteiger partial charge in [-0.25, -0.2) is 17.2 Å². The van der Waals surface area contributed by atoms with Gasteiger partial charge in [0.1, 0.15) is 23.3 Å². The Bertz CT molecular complexity index is 1270. The van der Waals surface area contributed by atoms with Gasteiger partial charge in [0.25, 0.3) is 12.7 Å². The number of carbonyl (C=O) groups excluding carboxylic acids is 2. The molecule has 33 heteroatoms. The maximum Gasteiger partial charge on any atom is 1.00 e. The predicted molar refractivity (Wildman–Crippen MR) is 119 cm³/mol. The summed E-state index contributed by atoms with van der Waals surface area (Å²) in [4.78, 5) is 23.5. The summed E-state index contributed by atoms with van der Waals surface area (Å²) in [5.41, 5.74) is 0. The van der Waals surface area contributed by atoms with Crippen LogP contribution in [-0.4, -0.2) is 115 Å². The predicted octanol–water partition coefficient (Wildman–Crippen LogP) is 3.24. The van der Waals surface area contributed by atoms with Crippen LogP contribution >= 0.6 is 23.5 Å². The second kappa shape index (κ2) is 18.1. The first-order valence-electron chi connectivity index (χ1n) is 11.5. The van der Waals surface area contributed by atoms with Crippen LogP contribution in [0.15, 0.2) is 0 Å². The monoisotopic (exact) mass is 872 g/mol. The Hall–Kier alpha value is -0.930. The van der Waals surface area contributed by atoms with E-state index in [-0.39, 0.29) is 29.6 Å². The SMILES string of the molecule is O=C(CC(C(=O)OCCSC(F)(F)C(F)OC(F)(F)C(F)(F)C(F)(F)F)S(=O)(=O)[O-])OCCSC(F)(F)C(F)OC(F)(F)C(F)(F)C(F)(F)F.[Na+]. The molecule has 3 atom stereocenters. The van der Waals surface area contributed by atoms with E-state index in [0.717, 1.165) is 0 Å². The standard InChI is InChI=1S/C18H14F20O9S3.Na/c19-9(46-17(35,36)13(25,26)15(29,30)31)11(21,22)48-3-1-44-7(39)5-6(50(41,42)43)8(40)45-2-4-49-12(23,24)10(20)47-18(37,38)14(27,28)16(32,33)34;/h6,9-10H,1-5H2,(H,41,42,43);/q;+1/p-1. The summed E-state index contributed by atoms with van der Waals surface area (Å²) < 4.78 is 302. The zero-order chi connectivity index (χ0) is 40.2. The van der Waals surface area contributed by atoms with E-state index in [1.807, 2.05) is 0 Å². The Kier molecular flexibility index (Phi) is 18.6. The van der Waals surface area contributed by atoms with Gasteiger partial charge in [-0.1, -0.05) is 23.5 Å². The molecule has 0 spiro atoms. The van der Waals surface area contributed by atoms with Gasteiger partial charge in [-0.05, 0) is 0 Å². The third-order valence-electron chi connectivity index (χ3n) is 4.70. The van der Waals surface area contributed by atoms with Crippen molar-refractivity contribution in [1.82, 2.24) is 0 Å². The number of esters is 2. The van der Waals surface area contributed by atoms with Crippen LogP contribution in [-0.2, 0) is 38.7 Å². The van der Waals surface area contributed by atoms with E-state index in [1.54, 1.807) is 0 Å². The molecular weight excluding hydrogens is 859 g/mol. The maximum absolute atomic E-state index is 13.6. The van der Waals surface area contributed by atoms with Crippen LogP contribution in [0, 0.1) is 0 Å². The minimum atomic E-state index is -7.18. The van der Waals surface area contributed by atoms with Gasteiger partial charge in [0.2, 0.25) is 0 Å². The Morgan fingerprint density at radius 3 is 1.22 bits per heavy atom. The summed E-state index contributed by atoms with van der Waals surface area (Å²) >= 11 is -2.50. The largest absolute Gasteiger partial charge is 1.00 e. The van der Waals surface area contributed by atoms with Gasteiger partial charge in [-0.2, -0.15) is 79.0 Å². The Morgan fingerprint density at radius 1 is 0.608 bits per heavy atom. The number of carbonyl (C=O) groups is 2. The average Bonchev–Trinajstić information content (AvgIpc) is 2.89. The van der Waals surface area contributed by atoms with Crippen molar-refractivity contribution in [3.63, 3.8) is 0 Å². The van der Waals surface area contributed by atoms with Crippen molar-refractivity contribution in [1.29, 1.82) is 0 Å². The molecule has 9 nitrogen and oxygen atoms in total. The fraction of sp³-hybridized carbons (Fsp3) is 0.889. The topological polar surface area (TPSA) is 128 Å². The van der Waals surface area contributed by atoms with Crippen LogP contribution in [0.5, 0.6) is 0 Å². The molecule has 0 radical (unpaired) electrons. The Morgan fingerprint density at radius 2 is 0.922 bits per heavy atom. The Labute approximate surface area is 299 Å². The quantitative estimate of drug-likeness (QED) is 0.0589. The minimum absolute atomic E-state index is 0. The van der Waals surface area contributed by atoms with E-state index in [2.05, 4.69) is 18.9 Å². The van der Waals surface area contributed by atoms with Crippen LogP contribution in [0.1, 0.15) is 6.42 Å². The first kappa shape index (κ1) is 52.2. The zero-order valence-corrected chi connectivity index (χ0v) is 28.2. The fourth-order valence-electron chi connectivity index (χ4n) is 2.27. The molecule has 0 aromatic heterocycles. The molecule has 0 N–H and O–H groups in total. The van der Waals surface area contributed by atoms with E-state index in [9.17, 15) is 110 Å². The molecule has 0 aliphatic rings. The zero-order valence-electron chi connectivity index (χ0n) is 23.7. The summed E-state index contributed by atoms with van der Waals surface area (Å²) in [5.74, 6) is -21.7. The average molecular weight is 872 g/mol. The number of rotatable bonds is 20. The van der Waals surface area contributed by atoms with Crippen molar-refractivity contribution < 1.29 is 159 Å². The number of alkyl halides is 20. The number of hydrogen-bond donors (Lipinski definition) is 0. The van der Waals surface area contributed by atoms with Crippen LogP contribution in [0.3, 0.4) is 0 Å². The van der Waals surface area contributed by atoms with E-state index < -0.39 is 142 Å². The minimum Gasteiger partial charge on any atom is -0.747 e. The normalized spacial score (nSPS) is 16.2. The molecule has 298 valence electrons. The van der Waals surface area contributed by atoms with Gasteiger partial charge in [-0.15, -0.1) is 0 Å². The first-order chi connectivity index (χ1) is 21.9. The van der Waals surface area contributed by atoms with Gasteiger partial charge in [0.05, 0.1) is 6.42 Å². The van der Waals surface area contributed by atoms with Crippen molar-refractivity contribution in [3.8, 4) is 0 Å². The van der Waals surface area contributed by atoms with Crippen LogP contribution in [0.2, 0.25) is 0 Å². The van der Waals surface area contributed by atoms with E-state index in [0.29, 0.717) is 0 Å². The molecule has 0 aliphatic heterocycles. The molecule has 0 aromatic carbocycles. The summed E-state index contributed by atoms with van der Waals surface area (Å²) in [7, 11) is -6.00. The maximum atomic E-state index is 13.6. The number of thioether (sulfide) groups is 2. The van der Waals surface area contributed by atoms with E-state index >= 15 is 0 Å². The van der Waals surface area contributed by atoms with Gasteiger partial charge in [-0.3, -0.25) is 19.1 Å². The molecule has 0 amide bonds. The molecule has 0 aliphatic carbocycles. The van der Waals surface area contributed by atoms with Gasteiger partial charge < -0.3 is 14.0 Å². The summed E-state index contributed by atoms with van der Waals surface area (Å²) in [6.45, 7) is -3.04. The van der Waals surface area contributed by atoms with Crippen molar-refractivity contribution in [3.05, 3.63) is 0 Å². The summed E-state index contributed by atoms with van der Waals surface area (Å²) in [5, 5.41) is -14.0. The molecule has 0 fully saturated rings. The van der Waals surface area contributed by atoms with Crippen LogP contribution in [0.4, 0.5) is 87.8 Å². The third-order valence-corrected chi connectivity index (χ3v) is 7.64. The van der Waals surface area contributed by atoms with Gasteiger partial charge in [0, 0.05) is 11.5 Å². The van der Waals surface area contributed by atoms with Crippen molar-refractivity contribution in [2.75, 3.05) is 24.7 Å². The number of ether oxygens (including phenoxy) is 4. The molecule has 0 heterocycles.